The van der Waals surface area contributed by atoms with Crippen LogP contribution < -0.4 is 0 Å². The van der Waals surface area contributed by atoms with Crippen LogP contribution in [-0.2, 0) is 0 Å². The van der Waals surface area contributed by atoms with Crippen LogP contribution in [0.3, 0.4) is 0 Å². The Hall–Kier alpha value is -0.670. The van der Waals surface area contributed by atoms with Gasteiger partial charge in [0, 0.05) is 6.20 Å². The molecule has 2 heterocycles. The maximum atomic E-state index is 13.0. The van der Waals surface area contributed by atoms with E-state index in [2.05, 4.69) is 4.98 Å². The van der Waals surface area contributed by atoms with Crippen molar-refractivity contribution in [2.45, 2.75) is 0 Å². The molecule has 0 bridgehead atoms. The molecule has 0 N–H and O–H groups in total. The van der Waals surface area contributed by atoms with E-state index in [4.69, 9.17) is 11.6 Å². The van der Waals surface area contributed by atoms with Crippen LogP contribution in [0.1, 0.15) is 0 Å². The molecule has 0 unspecified atom stereocenters. The van der Waals surface area contributed by atoms with Crippen molar-refractivity contribution in [2.24, 2.45) is 0 Å². The van der Waals surface area contributed by atoms with Gasteiger partial charge in [0.1, 0.15) is 9.85 Å². The predicted molar refractivity (Wildman–Crippen MR) is 44.6 cm³/mol. The van der Waals surface area contributed by atoms with Crippen LogP contribution in [0, 0.1) is 5.82 Å². The Bertz CT molecular complexity index is 398. The average Bonchev–Trinajstić information content (AvgIpc) is 2.30. The first-order valence-corrected chi connectivity index (χ1v) is 4.17. The molecule has 0 saturated heterocycles. The zero-order chi connectivity index (χ0) is 7.84. The molecule has 2 rings (SSSR count). The highest BCUT2D eigenvalue weighted by molar-refractivity contribution is 7.22. The summed E-state index contributed by atoms with van der Waals surface area (Å²) in [5.74, 6) is -0.410. The minimum atomic E-state index is -0.410. The average molecular weight is 188 g/mol. The lowest BCUT2D eigenvalue weighted by atomic mass is 10.4. The van der Waals surface area contributed by atoms with E-state index >= 15 is 0 Å². The summed E-state index contributed by atoms with van der Waals surface area (Å²) in [6, 6.07) is 3.55. The Morgan fingerprint density at radius 3 is 3.09 bits per heavy atom. The molecule has 11 heavy (non-hydrogen) atoms. The molecule has 2 aromatic rings. The second-order valence-electron chi connectivity index (χ2n) is 2.04. The van der Waals surface area contributed by atoms with Gasteiger partial charge in [-0.3, -0.25) is 4.98 Å². The third-order valence-corrected chi connectivity index (χ3v) is 2.66. The van der Waals surface area contributed by atoms with E-state index in [1.807, 2.05) is 0 Å². The molecule has 2 aromatic heterocycles. The Balaban J connectivity index is 2.92. The monoisotopic (exact) mass is 187 g/mol. The van der Waals surface area contributed by atoms with E-state index in [-0.39, 0.29) is 4.34 Å². The molecular formula is C7H3ClFNS. The van der Waals surface area contributed by atoms with Gasteiger partial charge in [-0.25, -0.2) is 4.39 Å². The molecular weight excluding hydrogens is 185 g/mol. The lowest BCUT2D eigenvalue weighted by Crippen LogP contribution is -1.73. The predicted octanol–water partition coefficient (Wildman–Crippen LogP) is 3.09. The first kappa shape index (κ1) is 7.00. The summed E-state index contributed by atoms with van der Waals surface area (Å²) < 4.78 is 13.9. The topological polar surface area (TPSA) is 12.9 Å². The first-order chi connectivity index (χ1) is 5.29. The maximum absolute atomic E-state index is 13.0. The smallest absolute Gasteiger partial charge is 0.178 e. The van der Waals surface area contributed by atoms with Crippen molar-refractivity contribution in [3.8, 4) is 0 Å². The van der Waals surface area contributed by atoms with E-state index in [9.17, 15) is 4.39 Å². The highest BCUT2D eigenvalue weighted by atomic mass is 35.5. The molecule has 0 aliphatic heterocycles. The van der Waals surface area contributed by atoms with Crippen molar-refractivity contribution in [3.05, 3.63) is 28.5 Å². The van der Waals surface area contributed by atoms with Gasteiger partial charge in [0.25, 0.3) is 0 Å². The van der Waals surface area contributed by atoms with E-state index < -0.39 is 5.82 Å². The molecule has 0 atom stereocenters. The third kappa shape index (κ3) is 1.01. The second-order valence-corrected chi connectivity index (χ2v) is 3.69. The highest BCUT2D eigenvalue weighted by Crippen LogP contribution is 2.31. The summed E-state index contributed by atoms with van der Waals surface area (Å²) in [7, 11) is 0. The van der Waals surface area contributed by atoms with Crippen LogP contribution in [0.2, 0.25) is 4.34 Å². The van der Waals surface area contributed by atoms with Crippen molar-refractivity contribution in [1.82, 2.24) is 4.98 Å². The SMILES string of the molecule is Fc1c(Cl)sc2cccnc12. The standard InChI is InChI=1S/C7H3ClFNS/c8-7-5(9)6-4(11-7)2-1-3-10-6/h1-3H. The number of thiophene rings is 1. The Morgan fingerprint density at radius 1 is 1.55 bits per heavy atom. The molecule has 0 aromatic carbocycles. The number of rotatable bonds is 0. The van der Waals surface area contributed by atoms with Gasteiger partial charge in [-0.2, -0.15) is 0 Å². The molecule has 0 fully saturated rings. The Kier molecular flexibility index (Phi) is 1.55. The summed E-state index contributed by atoms with van der Waals surface area (Å²) in [6.07, 6.45) is 1.55. The minimum Gasteiger partial charge on any atom is -0.252 e. The van der Waals surface area contributed by atoms with Gasteiger partial charge in [0.05, 0.1) is 4.70 Å². The Morgan fingerprint density at radius 2 is 2.36 bits per heavy atom. The zero-order valence-electron chi connectivity index (χ0n) is 5.34. The molecule has 0 saturated carbocycles. The van der Waals surface area contributed by atoms with Crippen molar-refractivity contribution in [2.75, 3.05) is 0 Å². The van der Waals surface area contributed by atoms with Crippen LogP contribution in [0.25, 0.3) is 10.2 Å². The Labute approximate surface area is 71.4 Å². The van der Waals surface area contributed by atoms with Crippen LogP contribution in [-0.4, -0.2) is 4.98 Å². The quantitative estimate of drug-likeness (QED) is 0.618. The highest BCUT2D eigenvalue weighted by Gasteiger charge is 2.09. The fourth-order valence-corrected chi connectivity index (χ4v) is 1.98. The minimum absolute atomic E-state index is 0.179. The molecule has 1 nitrogen and oxygen atoms in total. The summed E-state index contributed by atoms with van der Waals surface area (Å²) in [6.45, 7) is 0. The van der Waals surface area contributed by atoms with Gasteiger partial charge >= 0.3 is 0 Å². The number of halogens is 2. The third-order valence-electron chi connectivity index (χ3n) is 1.35. The van der Waals surface area contributed by atoms with Gasteiger partial charge in [0.15, 0.2) is 5.82 Å². The molecule has 4 heteroatoms. The number of nitrogens with zero attached hydrogens (tertiary/aromatic N) is 1. The van der Waals surface area contributed by atoms with Crippen LogP contribution >= 0.6 is 22.9 Å². The number of hydrogen-bond donors (Lipinski definition) is 0. The van der Waals surface area contributed by atoms with Gasteiger partial charge < -0.3 is 0 Å². The normalized spacial score (nSPS) is 10.7. The summed E-state index contributed by atoms with van der Waals surface area (Å²) in [5.41, 5.74) is 0.363. The fraction of sp³-hybridized carbons (Fsp3) is 0. The second kappa shape index (κ2) is 2.43. The molecule has 0 amide bonds. The van der Waals surface area contributed by atoms with E-state index in [0.717, 1.165) is 4.70 Å². The van der Waals surface area contributed by atoms with Crippen molar-refractivity contribution < 1.29 is 4.39 Å². The van der Waals surface area contributed by atoms with Crippen molar-refractivity contribution in [1.29, 1.82) is 0 Å². The summed E-state index contributed by atoms with van der Waals surface area (Å²) in [4.78, 5) is 3.85. The molecule has 0 aliphatic rings. The molecule has 0 radical (unpaired) electrons. The largest absolute Gasteiger partial charge is 0.252 e. The first-order valence-electron chi connectivity index (χ1n) is 2.97. The number of hydrogen-bond acceptors (Lipinski definition) is 2. The van der Waals surface area contributed by atoms with Gasteiger partial charge in [0.2, 0.25) is 0 Å². The van der Waals surface area contributed by atoms with E-state index in [0.29, 0.717) is 5.52 Å². The number of fused-ring (bicyclic) bond motifs is 1. The lowest BCUT2D eigenvalue weighted by Gasteiger charge is -1.83. The maximum Gasteiger partial charge on any atom is 0.178 e. The van der Waals surface area contributed by atoms with Crippen LogP contribution in [0.15, 0.2) is 18.3 Å². The summed E-state index contributed by atoms with van der Waals surface area (Å²) in [5, 5.41) is 0. The lowest BCUT2D eigenvalue weighted by molar-refractivity contribution is 0.641. The van der Waals surface area contributed by atoms with Crippen molar-refractivity contribution in [3.63, 3.8) is 0 Å². The number of aromatic nitrogens is 1. The molecule has 56 valence electrons. The fourth-order valence-electron chi connectivity index (χ4n) is 0.872. The number of pyridine rings is 1. The van der Waals surface area contributed by atoms with Gasteiger partial charge in [-0.1, -0.05) is 11.6 Å². The molecule has 0 aliphatic carbocycles. The zero-order valence-corrected chi connectivity index (χ0v) is 6.92. The molecule has 0 spiro atoms. The summed E-state index contributed by atoms with van der Waals surface area (Å²) >= 11 is 6.76. The van der Waals surface area contributed by atoms with E-state index in [1.54, 1.807) is 18.3 Å². The van der Waals surface area contributed by atoms with E-state index in [1.165, 1.54) is 11.3 Å². The van der Waals surface area contributed by atoms with Gasteiger partial charge in [-0.15, -0.1) is 11.3 Å². The van der Waals surface area contributed by atoms with Crippen molar-refractivity contribution >= 4 is 33.2 Å². The van der Waals surface area contributed by atoms with Gasteiger partial charge in [-0.05, 0) is 12.1 Å². The van der Waals surface area contributed by atoms with Crippen LogP contribution in [0.4, 0.5) is 4.39 Å². The van der Waals surface area contributed by atoms with Crippen LogP contribution in [0.5, 0.6) is 0 Å².